The minimum atomic E-state index is -3.75. The van der Waals surface area contributed by atoms with Crippen LogP contribution in [0, 0.1) is 6.92 Å². The number of halogens is 1. The van der Waals surface area contributed by atoms with Crippen LogP contribution in [0.2, 0.25) is 5.02 Å². The molecule has 0 atom stereocenters. The van der Waals surface area contributed by atoms with E-state index in [-0.39, 0.29) is 17.3 Å². The highest BCUT2D eigenvalue weighted by molar-refractivity contribution is 7.89. The van der Waals surface area contributed by atoms with Crippen LogP contribution < -0.4 is 4.72 Å². The van der Waals surface area contributed by atoms with Gasteiger partial charge in [0.05, 0.1) is 11.4 Å². The Morgan fingerprint density at radius 1 is 1.20 bits per heavy atom. The van der Waals surface area contributed by atoms with Crippen molar-refractivity contribution in [2.24, 2.45) is 0 Å². The molecule has 132 valence electrons. The number of hydrogen-bond donors (Lipinski definition) is 1. The maximum atomic E-state index is 12.4. The maximum Gasteiger partial charge on any atom is 0.241 e. The van der Waals surface area contributed by atoms with E-state index in [2.05, 4.69) is 10.8 Å². The summed E-state index contributed by atoms with van der Waals surface area (Å²) < 4.78 is 27.1. The largest absolute Gasteiger partial charge is 0.337 e. The van der Waals surface area contributed by atoms with Crippen molar-refractivity contribution in [2.75, 3.05) is 13.1 Å². The van der Waals surface area contributed by atoms with Gasteiger partial charge in [0.2, 0.25) is 15.9 Å². The Morgan fingerprint density at radius 2 is 1.92 bits per heavy atom. The maximum absolute atomic E-state index is 12.4. The van der Waals surface area contributed by atoms with Crippen LogP contribution in [-0.2, 0) is 27.8 Å². The number of amides is 1. The molecule has 1 aliphatic rings. The lowest BCUT2D eigenvalue weighted by atomic mass is 10.00. The lowest BCUT2D eigenvalue weighted by Gasteiger charge is -2.29. The minimum Gasteiger partial charge on any atom is -0.337 e. The molecule has 0 spiro atoms. The van der Waals surface area contributed by atoms with Gasteiger partial charge in [-0.1, -0.05) is 35.9 Å². The molecule has 3 rings (SSSR count). The first-order valence-corrected chi connectivity index (χ1v) is 9.83. The van der Waals surface area contributed by atoms with Gasteiger partial charge in [0.25, 0.3) is 0 Å². The van der Waals surface area contributed by atoms with Gasteiger partial charge in [0, 0.05) is 18.1 Å². The molecule has 1 N–H and O–H groups in total. The van der Waals surface area contributed by atoms with E-state index in [1.165, 1.54) is 23.8 Å². The van der Waals surface area contributed by atoms with E-state index >= 15 is 0 Å². The van der Waals surface area contributed by atoms with Gasteiger partial charge in [-0.3, -0.25) is 4.79 Å². The number of aryl methyl sites for hydroxylation is 1. The zero-order chi connectivity index (χ0) is 18.0. The van der Waals surface area contributed by atoms with Crippen LogP contribution in [0.1, 0.15) is 16.7 Å². The summed E-state index contributed by atoms with van der Waals surface area (Å²) in [5, 5.41) is 0.502. The zero-order valence-corrected chi connectivity index (χ0v) is 15.4. The van der Waals surface area contributed by atoms with E-state index in [1.54, 1.807) is 11.8 Å². The summed E-state index contributed by atoms with van der Waals surface area (Å²) in [5.41, 5.74) is 3.02. The third-order valence-electron chi connectivity index (χ3n) is 4.34. The lowest BCUT2D eigenvalue weighted by Crippen LogP contribution is -2.42. The summed E-state index contributed by atoms with van der Waals surface area (Å²) >= 11 is 5.93. The first kappa shape index (κ1) is 17.9. The van der Waals surface area contributed by atoms with E-state index < -0.39 is 10.0 Å². The van der Waals surface area contributed by atoms with Gasteiger partial charge in [-0.2, -0.15) is 0 Å². The van der Waals surface area contributed by atoms with Crippen molar-refractivity contribution in [3.05, 3.63) is 64.2 Å². The Bertz CT molecular complexity index is 912. The van der Waals surface area contributed by atoms with Crippen LogP contribution in [0.25, 0.3) is 0 Å². The summed E-state index contributed by atoms with van der Waals surface area (Å²) in [6.45, 7) is 2.58. The van der Waals surface area contributed by atoms with E-state index in [0.717, 1.165) is 12.0 Å². The van der Waals surface area contributed by atoms with Gasteiger partial charge < -0.3 is 4.90 Å². The highest BCUT2D eigenvalue weighted by Gasteiger charge is 2.22. The van der Waals surface area contributed by atoms with E-state index in [4.69, 9.17) is 11.6 Å². The van der Waals surface area contributed by atoms with E-state index in [9.17, 15) is 13.2 Å². The van der Waals surface area contributed by atoms with Crippen LogP contribution in [0.3, 0.4) is 0 Å². The van der Waals surface area contributed by atoms with Gasteiger partial charge in [0.1, 0.15) is 0 Å². The zero-order valence-electron chi connectivity index (χ0n) is 13.8. The van der Waals surface area contributed by atoms with Crippen molar-refractivity contribution in [3.8, 4) is 0 Å². The van der Waals surface area contributed by atoms with Crippen LogP contribution in [0.4, 0.5) is 0 Å². The predicted octanol–water partition coefficient (Wildman–Crippen LogP) is 2.51. The van der Waals surface area contributed by atoms with Crippen LogP contribution in [0.5, 0.6) is 0 Å². The molecule has 1 heterocycles. The summed E-state index contributed by atoms with van der Waals surface area (Å²) in [4.78, 5) is 14.2. The third-order valence-corrected chi connectivity index (χ3v) is 6.16. The molecular weight excluding hydrogens is 360 g/mol. The number of fused-ring (bicyclic) bond motifs is 1. The smallest absolute Gasteiger partial charge is 0.241 e. The van der Waals surface area contributed by atoms with Crippen LogP contribution >= 0.6 is 11.6 Å². The molecule has 2 aromatic carbocycles. The fourth-order valence-electron chi connectivity index (χ4n) is 2.84. The molecule has 0 aliphatic carbocycles. The van der Waals surface area contributed by atoms with Gasteiger partial charge >= 0.3 is 0 Å². The molecule has 0 unspecified atom stereocenters. The number of carbonyl (C=O) groups is 1. The van der Waals surface area contributed by atoms with Crippen LogP contribution in [-0.4, -0.2) is 32.3 Å². The molecule has 7 heteroatoms. The van der Waals surface area contributed by atoms with Crippen molar-refractivity contribution in [1.82, 2.24) is 9.62 Å². The summed E-state index contributed by atoms with van der Waals surface area (Å²) in [7, 11) is -3.75. The highest BCUT2D eigenvalue weighted by atomic mass is 35.5. The fraction of sp³-hybridized carbons (Fsp3) is 0.278. The van der Waals surface area contributed by atoms with E-state index in [0.29, 0.717) is 23.7 Å². The minimum absolute atomic E-state index is 0.103. The summed E-state index contributed by atoms with van der Waals surface area (Å²) in [6.07, 6.45) is 0.783. The molecule has 2 aromatic rings. The SMILES string of the molecule is Cc1cc(S(=O)(=O)NCC(=O)N2CCc3ccccc3C2)ccc1Cl. The average Bonchev–Trinajstić information content (AvgIpc) is 2.61. The molecule has 1 aliphatic heterocycles. The van der Waals surface area contributed by atoms with Crippen LogP contribution in [0.15, 0.2) is 47.4 Å². The Morgan fingerprint density at radius 3 is 2.64 bits per heavy atom. The normalized spacial score (nSPS) is 14.2. The van der Waals surface area contributed by atoms with Gasteiger partial charge in [-0.05, 0) is 48.2 Å². The summed E-state index contributed by atoms with van der Waals surface area (Å²) in [5.74, 6) is -0.233. The average molecular weight is 379 g/mol. The molecule has 25 heavy (non-hydrogen) atoms. The monoisotopic (exact) mass is 378 g/mol. The Balaban J connectivity index is 1.65. The number of rotatable bonds is 4. The third kappa shape index (κ3) is 4.03. The topological polar surface area (TPSA) is 66.5 Å². The second-order valence-corrected chi connectivity index (χ2v) is 8.24. The van der Waals surface area contributed by atoms with Crippen molar-refractivity contribution in [1.29, 1.82) is 0 Å². The highest BCUT2D eigenvalue weighted by Crippen LogP contribution is 2.20. The van der Waals surface area contributed by atoms with Crippen molar-refractivity contribution in [3.63, 3.8) is 0 Å². The first-order valence-electron chi connectivity index (χ1n) is 7.97. The number of nitrogens with one attached hydrogen (secondary N) is 1. The number of nitrogens with zero attached hydrogens (tertiary/aromatic N) is 1. The molecule has 0 saturated carbocycles. The first-order chi connectivity index (χ1) is 11.9. The second-order valence-electron chi connectivity index (χ2n) is 6.07. The molecule has 0 saturated heterocycles. The molecule has 0 fully saturated rings. The Kier molecular flexibility index (Phi) is 5.13. The fourth-order valence-corrected chi connectivity index (χ4v) is 4.02. The predicted molar refractivity (Wildman–Crippen MR) is 96.9 cm³/mol. The van der Waals surface area contributed by atoms with Crippen molar-refractivity contribution >= 4 is 27.5 Å². The standard InChI is InChI=1S/C18H19ClN2O3S/c1-13-10-16(6-7-17(13)19)25(23,24)20-11-18(22)21-9-8-14-4-2-3-5-15(14)12-21/h2-7,10,20H,8-9,11-12H2,1H3. The molecular formula is C18H19ClN2O3S. The Labute approximate surface area is 152 Å². The summed E-state index contributed by atoms with van der Waals surface area (Å²) in [6, 6.07) is 12.4. The number of hydrogen-bond acceptors (Lipinski definition) is 3. The quantitative estimate of drug-likeness (QED) is 0.888. The number of carbonyl (C=O) groups excluding carboxylic acids is 1. The molecule has 0 bridgehead atoms. The van der Waals surface area contributed by atoms with Gasteiger partial charge in [-0.15, -0.1) is 0 Å². The van der Waals surface area contributed by atoms with Crippen molar-refractivity contribution in [2.45, 2.75) is 24.8 Å². The number of sulfonamides is 1. The lowest BCUT2D eigenvalue weighted by molar-refractivity contribution is -0.130. The van der Waals surface area contributed by atoms with E-state index in [1.807, 2.05) is 18.2 Å². The number of benzene rings is 2. The molecule has 0 radical (unpaired) electrons. The van der Waals surface area contributed by atoms with Gasteiger partial charge in [0.15, 0.2) is 0 Å². The second kappa shape index (κ2) is 7.15. The molecule has 0 aromatic heterocycles. The molecule has 1 amide bonds. The molecule has 5 nitrogen and oxygen atoms in total. The Hall–Kier alpha value is -1.89. The van der Waals surface area contributed by atoms with Crippen molar-refractivity contribution < 1.29 is 13.2 Å². The van der Waals surface area contributed by atoms with Gasteiger partial charge in [-0.25, -0.2) is 13.1 Å².